The van der Waals surface area contributed by atoms with Crippen molar-refractivity contribution in [2.24, 2.45) is 0 Å². The fraction of sp³-hybridized carbons (Fsp3) is 0.529. The molecular weight excluding hydrogens is 248 g/mol. The van der Waals surface area contributed by atoms with Crippen molar-refractivity contribution >= 4 is 0 Å². The molecule has 0 bridgehead atoms. The van der Waals surface area contributed by atoms with E-state index < -0.39 is 0 Å². The van der Waals surface area contributed by atoms with Crippen molar-refractivity contribution in [3.63, 3.8) is 0 Å². The van der Waals surface area contributed by atoms with Gasteiger partial charge in [-0.25, -0.2) is 0 Å². The molecule has 1 aromatic rings. The van der Waals surface area contributed by atoms with Gasteiger partial charge in [-0.05, 0) is 25.5 Å². The molecule has 1 aliphatic heterocycles. The quantitative estimate of drug-likeness (QED) is 0.583. The van der Waals surface area contributed by atoms with Crippen LogP contribution < -0.4 is 10.1 Å². The summed E-state index contributed by atoms with van der Waals surface area (Å²) in [4.78, 5) is 2.43. The van der Waals surface area contributed by atoms with Crippen LogP contribution in [0, 0.1) is 0 Å². The van der Waals surface area contributed by atoms with Gasteiger partial charge in [0, 0.05) is 31.7 Å². The van der Waals surface area contributed by atoms with E-state index in [0.29, 0.717) is 0 Å². The standard InChI is InChI=1S/C17H26N2O/c1-2-10-18-15-16-8-4-5-9-17(16)20-14-13-19-11-6-3-7-12-19/h3-6,8-9,18H,2,7,10-15H2,1H3. The largest absolute Gasteiger partial charge is 0.492 e. The number of rotatable bonds is 8. The van der Waals surface area contributed by atoms with E-state index in [4.69, 9.17) is 4.74 Å². The van der Waals surface area contributed by atoms with Gasteiger partial charge in [0.15, 0.2) is 0 Å². The van der Waals surface area contributed by atoms with Crippen molar-refractivity contribution in [1.29, 1.82) is 0 Å². The summed E-state index contributed by atoms with van der Waals surface area (Å²) < 4.78 is 5.96. The third-order valence-corrected chi connectivity index (χ3v) is 3.52. The van der Waals surface area contributed by atoms with E-state index in [-0.39, 0.29) is 0 Å². The highest BCUT2D eigenvalue weighted by Gasteiger charge is 2.07. The number of hydrogen-bond donors (Lipinski definition) is 1. The van der Waals surface area contributed by atoms with Gasteiger partial charge in [-0.15, -0.1) is 0 Å². The highest BCUT2D eigenvalue weighted by atomic mass is 16.5. The third kappa shape index (κ3) is 4.99. The molecule has 0 amide bonds. The first kappa shape index (κ1) is 15.1. The lowest BCUT2D eigenvalue weighted by Gasteiger charge is -2.23. The minimum atomic E-state index is 0.763. The Hall–Kier alpha value is -1.32. The second-order valence-electron chi connectivity index (χ2n) is 5.19. The van der Waals surface area contributed by atoms with Crippen molar-refractivity contribution in [2.45, 2.75) is 26.3 Å². The average molecular weight is 274 g/mol. The first-order valence-electron chi connectivity index (χ1n) is 7.69. The Morgan fingerprint density at radius 3 is 2.95 bits per heavy atom. The van der Waals surface area contributed by atoms with Gasteiger partial charge >= 0.3 is 0 Å². The number of benzene rings is 1. The van der Waals surface area contributed by atoms with Crippen LogP contribution in [-0.4, -0.2) is 37.7 Å². The minimum Gasteiger partial charge on any atom is -0.492 e. The Balaban J connectivity index is 1.77. The lowest BCUT2D eigenvalue weighted by atomic mass is 10.2. The van der Waals surface area contributed by atoms with Gasteiger partial charge in [0.2, 0.25) is 0 Å². The molecule has 0 fully saturated rings. The number of para-hydroxylation sites is 1. The molecule has 0 aromatic heterocycles. The van der Waals surface area contributed by atoms with Gasteiger partial charge in [-0.1, -0.05) is 37.3 Å². The van der Waals surface area contributed by atoms with Gasteiger partial charge in [-0.2, -0.15) is 0 Å². The van der Waals surface area contributed by atoms with Crippen LogP contribution in [-0.2, 0) is 6.54 Å². The van der Waals surface area contributed by atoms with Crippen LogP contribution in [0.2, 0.25) is 0 Å². The molecule has 0 saturated heterocycles. The predicted octanol–water partition coefficient (Wildman–Crippen LogP) is 2.83. The molecule has 20 heavy (non-hydrogen) atoms. The second kappa shape index (κ2) is 8.77. The number of nitrogens with one attached hydrogen (secondary N) is 1. The molecular formula is C17H26N2O. The van der Waals surface area contributed by atoms with Crippen LogP contribution >= 0.6 is 0 Å². The summed E-state index contributed by atoms with van der Waals surface area (Å²) in [7, 11) is 0. The zero-order valence-electron chi connectivity index (χ0n) is 12.5. The Morgan fingerprint density at radius 1 is 1.25 bits per heavy atom. The molecule has 2 rings (SSSR count). The summed E-state index contributed by atoms with van der Waals surface area (Å²) in [6.45, 7) is 8.09. The van der Waals surface area contributed by atoms with Crippen LogP contribution in [0.15, 0.2) is 36.4 Å². The molecule has 0 aliphatic carbocycles. The van der Waals surface area contributed by atoms with Crippen molar-refractivity contribution < 1.29 is 4.74 Å². The van der Waals surface area contributed by atoms with E-state index in [1.165, 1.54) is 5.56 Å². The fourth-order valence-electron chi connectivity index (χ4n) is 2.37. The van der Waals surface area contributed by atoms with Crippen molar-refractivity contribution in [1.82, 2.24) is 10.2 Å². The highest BCUT2D eigenvalue weighted by Crippen LogP contribution is 2.17. The first-order chi connectivity index (χ1) is 9.90. The molecule has 1 N–H and O–H groups in total. The van der Waals surface area contributed by atoms with Gasteiger partial charge in [0.1, 0.15) is 12.4 Å². The lowest BCUT2D eigenvalue weighted by Crippen LogP contribution is -2.31. The van der Waals surface area contributed by atoms with Crippen LogP contribution in [0.5, 0.6) is 5.75 Å². The lowest BCUT2D eigenvalue weighted by molar-refractivity contribution is 0.219. The van der Waals surface area contributed by atoms with Gasteiger partial charge in [0.25, 0.3) is 0 Å². The molecule has 0 atom stereocenters. The van der Waals surface area contributed by atoms with Crippen LogP contribution in [0.25, 0.3) is 0 Å². The monoisotopic (exact) mass is 274 g/mol. The van der Waals surface area contributed by atoms with E-state index in [1.54, 1.807) is 0 Å². The maximum absolute atomic E-state index is 5.96. The SMILES string of the molecule is CCCNCc1ccccc1OCCN1CC=CCC1. The third-order valence-electron chi connectivity index (χ3n) is 3.52. The van der Waals surface area contributed by atoms with Crippen molar-refractivity contribution in [3.8, 4) is 5.75 Å². The molecule has 3 nitrogen and oxygen atoms in total. The molecule has 0 saturated carbocycles. The normalized spacial score (nSPS) is 15.4. The van der Waals surface area contributed by atoms with Crippen molar-refractivity contribution in [2.75, 3.05) is 32.8 Å². The fourth-order valence-corrected chi connectivity index (χ4v) is 2.37. The summed E-state index contributed by atoms with van der Waals surface area (Å²) in [6.07, 6.45) is 6.82. The summed E-state index contributed by atoms with van der Waals surface area (Å²) in [5.41, 5.74) is 1.25. The maximum Gasteiger partial charge on any atom is 0.123 e. The van der Waals surface area contributed by atoms with Gasteiger partial charge in [-0.3, -0.25) is 4.90 Å². The molecule has 110 valence electrons. The number of nitrogens with zero attached hydrogens (tertiary/aromatic N) is 1. The van der Waals surface area contributed by atoms with E-state index in [0.717, 1.165) is 57.9 Å². The maximum atomic E-state index is 5.96. The van der Waals surface area contributed by atoms with E-state index >= 15 is 0 Å². The molecule has 3 heteroatoms. The van der Waals surface area contributed by atoms with Crippen LogP contribution in [0.4, 0.5) is 0 Å². The average Bonchev–Trinajstić information content (AvgIpc) is 2.50. The smallest absolute Gasteiger partial charge is 0.123 e. The molecule has 1 heterocycles. The molecule has 0 unspecified atom stereocenters. The Bertz CT molecular complexity index is 417. The second-order valence-corrected chi connectivity index (χ2v) is 5.19. The topological polar surface area (TPSA) is 24.5 Å². The Kier molecular flexibility index (Phi) is 6.61. The summed E-state index contributed by atoms with van der Waals surface area (Å²) in [6, 6.07) is 8.33. The molecule has 1 aliphatic rings. The summed E-state index contributed by atoms with van der Waals surface area (Å²) in [5.74, 6) is 1.02. The van der Waals surface area contributed by atoms with Gasteiger partial charge in [0.05, 0.1) is 0 Å². The first-order valence-corrected chi connectivity index (χ1v) is 7.69. The Labute approximate surface area is 122 Å². The Morgan fingerprint density at radius 2 is 2.15 bits per heavy atom. The highest BCUT2D eigenvalue weighted by molar-refractivity contribution is 5.33. The van der Waals surface area contributed by atoms with Gasteiger partial charge < -0.3 is 10.1 Å². The summed E-state index contributed by atoms with van der Waals surface area (Å²) >= 11 is 0. The number of hydrogen-bond acceptors (Lipinski definition) is 3. The minimum absolute atomic E-state index is 0.763. The van der Waals surface area contributed by atoms with Crippen LogP contribution in [0.1, 0.15) is 25.3 Å². The zero-order valence-corrected chi connectivity index (χ0v) is 12.5. The molecule has 1 aromatic carbocycles. The van der Waals surface area contributed by atoms with Crippen LogP contribution in [0.3, 0.4) is 0 Å². The zero-order chi connectivity index (χ0) is 14.0. The van der Waals surface area contributed by atoms with Crippen molar-refractivity contribution in [3.05, 3.63) is 42.0 Å². The molecule has 0 radical (unpaired) electrons. The summed E-state index contributed by atoms with van der Waals surface area (Å²) in [5, 5.41) is 3.43. The van der Waals surface area contributed by atoms with E-state index in [1.807, 2.05) is 6.07 Å². The number of ether oxygens (including phenoxy) is 1. The predicted molar refractivity (Wildman–Crippen MR) is 84.1 cm³/mol. The van der Waals surface area contributed by atoms with E-state index in [9.17, 15) is 0 Å². The van der Waals surface area contributed by atoms with E-state index in [2.05, 4.69) is 47.5 Å². The molecule has 0 spiro atoms.